The second kappa shape index (κ2) is 11.4. The van der Waals surface area contributed by atoms with Gasteiger partial charge in [-0.25, -0.2) is 9.59 Å². The third-order valence-electron chi connectivity index (χ3n) is 6.50. The summed E-state index contributed by atoms with van der Waals surface area (Å²) in [6, 6.07) is 12.2. The van der Waals surface area contributed by atoms with Gasteiger partial charge in [0.1, 0.15) is 0 Å². The summed E-state index contributed by atoms with van der Waals surface area (Å²) in [5.74, 6) is -0.409. The summed E-state index contributed by atoms with van der Waals surface area (Å²) in [5.41, 5.74) is 0.734. The van der Waals surface area contributed by atoms with Gasteiger partial charge >= 0.3 is 11.7 Å². The number of benzene rings is 2. The highest BCUT2D eigenvalue weighted by molar-refractivity contribution is 6.30. The first kappa shape index (κ1) is 25.5. The minimum absolute atomic E-state index is 0.132. The predicted molar refractivity (Wildman–Crippen MR) is 139 cm³/mol. The summed E-state index contributed by atoms with van der Waals surface area (Å²) in [5, 5.41) is 1.03. The SMILES string of the molecule is COC(=O)c1ccc2c(=O)n(CCCCCC(=O)N3CCN(c4ccc(Cl)cc4)CC3)c(=O)[nH]c2c1. The number of fused-ring (bicyclic) bond motifs is 1. The third kappa shape index (κ3) is 5.79. The van der Waals surface area contributed by atoms with Crippen LogP contribution < -0.4 is 16.1 Å². The summed E-state index contributed by atoms with van der Waals surface area (Å²) >= 11 is 5.96. The number of halogens is 1. The lowest BCUT2D eigenvalue weighted by atomic mass is 10.1. The maximum atomic E-state index is 12.8. The number of aromatic amines is 1. The van der Waals surface area contributed by atoms with Crippen molar-refractivity contribution in [1.82, 2.24) is 14.5 Å². The van der Waals surface area contributed by atoms with Gasteiger partial charge < -0.3 is 19.5 Å². The van der Waals surface area contributed by atoms with E-state index in [0.29, 0.717) is 48.3 Å². The molecule has 0 bridgehead atoms. The number of esters is 1. The standard InChI is InChI=1S/C26H29ClN4O5/c1-36-25(34)18-6-11-21-22(17-18)28-26(35)31(24(21)33)12-4-2-3-5-23(32)30-15-13-29(14-16-30)20-9-7-19(27)8-10-20/h6-11,17H,2-5,12-16H2,1H3,(H,28,35). The van der Waals surface area contributed by atoms with Crippen molar-refractivity contribution >= 4 is 40.1 Å². The van der Waals surface area contributed by atoms with E-state index in [2.05, 4.69) is 14.6 Å². The highest BCUT2D eigenvalue weighted by Gasteiger charge is 2.21. The molecule has 190 valence electrons. The molecule has 3 aromatic rings. The molecule has 2 aromatic carbocycles. The highest BCUT2D eigenvalue weighted by atomic mass is 35.5. The molecule has 36 heavy (non-hydrogen) atoms. The van der Waals surface area contributed by atoms with Crippen LogP contribution in [0.5, 0.6) is 0 Å². The Balaban J connectivity index is 1.24. The molecule has 1 N–H and O–H groups in total. The summed E-state index contributed by atoms with van der Waals surface area (Å²) in [7, 11) is 1.27. The number of nitrogens with one attached hydrogen (secondary N) is 1. The van der Waals surface area contributed by atoms with Gasteiger partial charge in [0.2, 0.25) is 5.91 Å². The van der Waals surface area contributed by atoms with Crippen molar-refractivity contribution in [2.45, 2.75) is 32.2 Å². The van der Waals surface area contributed by atoms with Crippen LogP contribution in [0.25, 0.3) is 10.9 Å². The van der Waals surface area contributed by atoms with Crippen molar-refractivity contribution in [3.05, 3.63) is 73.9 Å². The molecule has 4 rings (SSSR count). The average Bonchev–Trinajstić information content (AvgIpc) is 2.89. The van der Waals surface area contributed by atoms with Crippen LogP contribution in [0.2, 0.25) is 5.02 Å². The zero-order chi connectivity index (χ0) is 25.7. The smallest absolute Gasteiger partial charge is 0.337 e. The van der Waals surface area contributed by atoms with E-state index in [9.17, 15) is 19.2 Å². The lowest BCUT2D eigenvalue weighted by molar-refractivity contribution is -0.131. The van der Waals surface area contributed by atoms with Crippen LogP contribution in [0.4, 0.5) is 5.69 Å². The number of piperazine rings is 1. The average molecular weight is 513 g/mol. The Hall–Kier alpha value is -3.59. The van der Waals surface area contributed by atoms with E-state index >= 15 is 0 Å². The first-order chi connectivity index (χ1) is 17.4. The molecule has 0 unspecified atom stereocenters. The fraction of sp³-hybridized carbons (Fsp3) is 0.385. The quantitative estimate of drug-likeness (QED) is 0.367. The molecule has 1 amide bonds. The molecule has 2 heterocycles. The number of hydrogen-bond donors (Lipinski definition) is 1. The lowest BCUT2D eigenvalue weighted by Gasteiger charge is -2.36. The Morgan fingerprint density at radius 3 is 2.39 bits per heavy atom. The molecule has 1 aromatic heterocycles. The minimum atomic E-state index is -0.542. The molecule has 1 aliphatic heterocycles. The van der Waals surface area contributed by atoms with Crippen LogP contribution >= 0.6 is 11.6 Å². The number of methoxy groups -OCH3 is 1. The molecule has 0 saturated carbocycles. The molecule has 0 spiro atoms. The van der Waals surface area contributed by atoms with Gasteiger partial charge in [0.05, 0.1) is 23.6 Å². The van der Waals surface area contributed by atoms with Gasteiger partial charge in [0.15, 0.2) is 0 Å². The van der Waals surface area contributed by atoms with Crippen molar-refractivity contribution in [1.29, 1.82) is 0 Å². The number of unbranched alkanes of at least 4 members (excludes halogenated alkanes) is 2. The molecule has 0 atom stereocenters. The second-order valence-electron chi connectivity index (χ2n) is 8.79. The van der Waals surface area contributed by atoms with Crippen LogP contribution in [0, 0.1) is 0 Å². The van der Waals surface area contributed by atoms with Crippen LogP contribution in [-0.2, 0) is 16.1 Å². The van der Waals surface area contributed by atoms with Crippen LogP contribution in [-0.4, -0.2) is 59.6 Å². The molecular formula is C26H29ClN4O5. The van der Waals surface area contributed by atoms with E-state index in [4.69, 9.17) is 11.6 Å². The van der Waals surface area contributed by atoms with Crippen LogP contribution in [0.3, 0.4) is 0 Å². The molecule has 1 aliphatic rings. The number of carbonyl (C=O) groups excluding carboxylic acids is 2. The Kier molecular flexibility index (Phi) is 8.10. The number of anilines is 1. The number of rotatable bonds is 8. The van der Waals surface area contributed by atoms with Gasteiger partial charge in [-0.2, -0.15) is 0 Å². The van der Waals surface area contributed by atoms with Gasteiger partial charge in [0, 0.05) is 49.9 Å². The fourth-order valence-electron chi connectivity index (χ4n) is 4.45. The van der Waals surface area contributed by atoms with Crippen molar-refractivity contribution < 1.29 is 14.3 Å². The fourth-order valence-corrected chi connectivity index (χ4v) is 4.58. The first-order valence-electron chi connectivity index (χ1n) is 12.0. The van der Waals surface area contributed by atoms with E-state index in [0.717, 1.165) is 29.8 Å². The molecular weight excluding hydrogens is 484 g/mol. The van der Waals surface area contributed by atoms with E-state index < -0.39 is 17.2 Å². The van der Waals surface area contributed by atoms with E-state index in [-0.39, 0.29) is 18.0 Å². The summed E-state index contributed by atoms with van der Waals surface area (Å²) in [6.07, 6.45) is 2.47. The number of H-pyrrole nitrogens is 1. The summed E-state index contributed by atoms with van der Waals surface area (Å²) < 4.78 is 5.84. The normalized spacial score (nSPS) is 13.7. The Bertz CT molecular complexity index is 1360. The zero-order valence-electron chi connectivity index (χ0n) is 20.2. The van der Waals surface area contributed by atoms with Crippen LogP contribution in [0.15, 0.2) is 52.1 Å². The van der Waals surface area contributed by atoms with Crippen LogP contribution in [0.1, 0.15) is 36.0 Å². The monoisotopic (exact) mass is 512 g/mol. The first-order valence-corrected chi connectivity index (χ1v) is 12.4. The summed E-state index contributed by atoms with van der Waals surface area (Å²) in [6.45, 7) is 3.18. The summed E-state index contributed by atoms with van der Waals surface area (Å²) in [4.78, 5) is 56.4. The van der Waals surface area contributed by atoms with Gasteiger partial charge in [-0.05, 0) is 55.3 Å². The highest BCUT2D eigenvalue weighted by Crippen LogP contribution is 2.20. The Morgan fingerprint density at radius 1 is 0.972 bits per heavy atom. The van der Waals surface area contributed by atoms with Crippen molar-refractivity contribution in [2.75, 3.05) is 38.2 Å². The molecule has 1 saturated heterocycles. The number of nitrogens with zero attached hydrogens (tertiary/aromatic N) is 3. The van der Waals surface area contributed by atoms with Gasteiger partial charge in [0.25, 0.3) is 5.56 Å². The maximum Gasteiger partial charge on any atom is 0.337 e. The Labute approximate surface area is 213 Å². The van der Waals surface area contributed by atoms with E-state index in [1.807, 2.05) is 29.2 Å². The topological polar surface area (TPSA) is 105 Å². The van der Waals surface area contributed by atoms with Gasteiger partial charge in [-0.1, -0.05) is 18.0 Å². The maximum absolute atomic E-state index is 12.8. The zero-order valence-corrected chi connectivity index (χ0v) is 20.9. The number of ether oxygens (including phenoxy) is 1. The number of amides is 1. The van der Waals surface area contributed by atoms with E-state index in [1.165, 1.54) is 25.3 Å². The van der Waals surface area contributed by atoms with Gasteiger partial charge in [-0.3, -0.25) is 14.2 Å². The molecule has 0 radical (unpaired) electrons. The molecule has 9 nitrogen and oxygen atoms in total. The van der Waals surface area contributed by atoms with Crippen molar-refractivity contribution in [2.24, 2.45) is 0 Å². The van der Waals surface area contributed by atoms with Gasteiger partial charge in [-0.15, -0.1) is 0 Å². The molecule has 1 fully saturated rings. The number of carbonyl (C=O) groups is 2. The predicted octanol–water partition coefficient (Wildman–Crippen LogP) is 3.04. The third-order valence-corrected chi connectivity index (χ3v) is 6.75. The van der Waals surface area contributed by atoms with Crippen molar-refractivity contribution in [3.63, 3.8) is 0 Å². The largest absolute Gasteiger partial charge is 0.465 e. The Morgan fingerprint density at radius 2 is 1.69 bits per heavy atom. The van der Waals surface area contributed by atoms with Crippen molar-refractivity contribution in [3.8, 4) is 0 Å². The minimum Gasteiger partial charge on any atom is -0.465 e. The van der Waals surface area contributed by atoms with E-state index in [1.54, 1.807) is 0 Å². The molecule has 0 aliphatic carbocycles. The second-order valence-corrected chi connectivity index (χ2v) is 9.23. The number of aromatic nitrogens is 2. The lowest BCUT2D eigenvalue weighted by Crippen LogP contribution is -2.48. The number of hydrogen-bond acceptors (Lipinski definition) is 6. The molecule has 10 heteroatoms.